The molecule has 6 heteroatoms. The first-order chi connectivity index (χ1) is 18.3. The first kappa shape index (κ1) is 30.4. The molecule has 0 fully saturated rings. The van der Waals surface area contributed by atoms with Gasteiger partial charge in [-0.15, -0.1) is 0 Å². The Bertz CT molecular complexity index is 1060. The van der Waals surface area contributed by atoms with Crippen molar-refractivity contribution in [3.05, 3.63) is 70.8 Å². The summed E-state index contributed by atoms with van der Waals surface area (Å²) < 4.78 is 6.27. The lowest BCUT2D eigenvalue weighted by molar-refractivity contribution is 0.100. The predicted molar refractivity (Wildman–Crippen MR) is 165 cm³/mol. The minimum Gasteiger partial charge on any atom is -0.491 e. The Balaban J connectivity index is 1.65. The summed E-state index contributed by atoms with van der Waals surface area (Å²) in [4.78, 5) is 14.4. The number of allylic oxidation sites excluding steroid dienone is 2. The van der Waals surface area contributed by atoms with E-state index in [1.165, 1.54) is 5.56 Å². The molecular weight excluding hydrogens is 512 g/mol. The monoisotopic (exact) mass is 556 g/mol. The Kier molecular flexibility index (Phi) is 12.4. The van der Waals surface area contributed by atoms with E-state index in [2.05, 4.69) is 62.6 Å². The highest BCUT2D eigenvalue weighted by atomic mass is 35.5. The number of amides is 1. The summed E-state index contributed by atoms with van der Waals surface area (Å²) in [5.74, 6) is 2.04. The molecule has 0 radical (unpaired) electrons. The van der Waals surface area contributed by atoms with Gasteiger partial charge >= 0.3 is 0 Å². The average molecular weight is 557 g/mol. The van der Waals surface area contributed by atoms with Crippen LogP contribution >= 0.6 is 24.2 Å². The molecule has 0 spiro atoms. The molecular formula is C32H45ClN2O2S. The van der Waals surface area contributed by atoms with Gasteiger partial charge in [-0.25, -0.2) is 0 Å². The molecule has 2 N–H and O–H groups in total. The van der Waals surface area contributed by atoms with Crippen molar-refractivity contribution in [2.24, 2.45) is 23.5 Å². The van der Waals surface area contributed by atoms with E-state index in [4.69, 9.17) is 22.1 Å². The van der Waals surface area contributed by atoms with Gasteiger partial charge in [0.2, 0.25) is 5.91 Å². The van der Waals surface area contributed by atoms with Gasteiger partial charge < -0.3 is 15.4 Å². The van der Waals surface area contributed by atoms with Crippen LogP contribution in [0.3, 0.4) is 0 Å². The molecule has 1 aliphatic rings. The fourth-order valence-electron chi connectivity index (χ4n) is 5.01. The van der Waals surface area contributed by atoms with Crippen molar-refractivity contribution >= 4 is 35.8 Å². The van der Waals surface area contributed by atoms with E-state index < -0.39 is 5.91 Å². The van der Waals surface area contributed by atoms with Gasteiger partial charge in [-0.2, -0.15) is 12.6 Å². The molecule has 0 saturated heterocycles. The molecule has 4 atom stereocenters. The van der Waals surface area contributed by atoms with Gasteiger partial charge in [0.25, 0.3) is 0 Å². The third-order valence-electron chi connectivity index (χ3n) is 7.86. The number of aryl methyl sites for hydroxylation is 1. The Hall–Kier alpha value is -2.11. The van der Waals surface area contributed by atoms with Gasteiger partial charge in [0.1, 0.15) is 5.75 Å². The molecule has 4 nitrogen and oxygen atoms in total. The van der Waals surface area contributed by atoms with Crippen molar-refractivity contribution in [1.82, 2.24) is 0 Å². The summed E-state index contributed by atoms with van der Waals surface area (Å²) in [7, 11) is 0. The number of rotatable bonds is 14. The first-order valence-electron chi connectivity index (χ1n) is 14.2. The fourth-order valence-corrected chi connectivity index (χ4v) is 5.34. The van der Waals surface area contributed by atoms with E-state index >= 15 is 0 Å². The van der Waals surface area contributed by atoms with Gasteiger partial charge in [0.15, 0.2) is 0 Å². The summed E-state index contributed by atoms with van der Waals surface area (Å²) in [6.45, 7) is 9.21. The number of carbonyl (C=O) groups excluding carboxylic acids is 1. The molecule has 1 unspecified atom stereocenters. The Morgan fingerprint density at radius 2 is 2.00 bits per heavy atom. The van der Waals surface area contributed by atoms with Crippen molar-refractivity contribution in [1.29, 1.82) is 0 Å². The van der Waals surface area contributed by atoms with Crippen LogP contribution in [0.2, 0.25) is 5.02 Å². The Morgan fingerprint density at radius 3 is 2.71 bits per heavy atom. The van der Waals surface area contributed by atoms with Crippen molar-refractivity contribution in [3.63, 3.8) is 0 Å². The molecule has 2 aromatic rings. The van der Waals surface area contributed by atoms with Gasteiger partial charge in [0.05, 0.1) is 12.3 Å². The van der Waals surface area contributed by atoms with Crippen LogP contribution in [0, 0.1) is 17.8 Å². The number of anilines is 1. The number of fused-ring (bicyclic) bond motifs is 1. The summed E-state index contributed by atoms with van der Waals surface area (Å²) >= 11 is 10.7. The number of hydrogen-bond acceptors (Lipinski definition) is 4. The van der Waals surface area contributed by atoms with E-state index in [1.54, 1.807) is 6.07 Å². The Morgan fingerprint density at radius 1 is 1.21 bits per heavy atom. The zero-order valence-corrected chi connectivity index (χ0v) is 24.9. The van der Waals surface area contributed by atoms with Gasteiger partial charge in [0, 0.05) is 34.8 Å². The molecule has 0 bridgehead atoms. The molecule has 1 amide bonds. The Labute approximate surface area is 240 Å². The average Bonchev–Trinajstić information content (AvgIpc) is 3.07. The number of carbonyl (C=O) groups is 1. The first-order valence-corrected chi connectivity index (χ1v) is 15.0. The minimum absolute atomic E-state index is 0.406. The van der Waals surface area contributed by atoms with Crippen molar-refractivity contribution < 1.29 is 9.53 Å². The lowest BCUT2D eigenvalue weighted by Crippen LogP contribution is -2.32. The maximum atomic E-state index is 11.9. The molecule has 3 rings (SSSR count). The minimum atomic E-state index is -0.406. The van der Waals surface area contributed by atoms with Crippen LogP contribution < -0.4 is 15.4 Å². The highest BCUT2D eigenvalue weighted by Crippen LogP contribution is 2.35. The van der Waals surface area contributed by atoms with Crippen molar-refractivity contribution in [2.45, 2.75) is 71.0 Å². The molecule has 0 aromatic heterocycles. The van der Waals surface area contributed by atoms with Crippen LogP contribution in [0.1, 0.15) is 75.2 Å². The number of ether oxygens (including phenoxy) is 1. The summed E-state index contributed by atoms with van der Waals surface area (Å²) in [5.41, 5.74) is 8.41. The molecule has 0 aliphatic carbocycles. The quantitative estimate of drug-likeness (QED) is 0.183. The number of thiol groups is 1. The second-order valence-corrected chi connectivity index (χ2v) is 12.2. The second kappa shape index (κ2) is 15.5. The summed E-state index contributed by atoms with van der Waals surface area (Å²) in [6.07, 6.45) is 12.2. The topological polar surface area (TPSA) is 55.6 Å². The molecule has 38 heavy (non-hydrogen) atoms. The number of nitrogens with zero attached hydrogens (tertiary/aromatic N) is 1. The van der Waals surface area contributed by atoms with Crippen LogP contribution in [0.15, 0.2) is 54.6 Å². The molecule has 2 aromatic carbocycles. The van der Waals surface area contributed by atoms with Crippen LogP contribution in [0.5, 0.6) is 5.75 Å². The van der Waals surface area contributed by atoms with E-state index in [9.17, 15) is 4.79 Å². The zero-order valence-electron chi connectivity index (χ0n) is 23.2. The lowest BCUT2D eigenvalue weighted by atomic mass is 9.95. The maximum Gasteiger partial charge on any atom is 0.248 e. The SMILES string of the molecule is CC[C@@H](C/C=C/C[C@H](C)[C@@H](C)S)CCN1CC(CCCc2cccc(Cl)c2)COc2ccc(C(N)=O)cc21. The normalized spacial score (nSPS) is 17.9. The van der Waals surface area contributed by atoms with E-state index in [-0.39, 0.29) is 0 Å². The number of halogens is 1. The third kappa shape index (κ3) is 9.57. The van der Waals surface area contributed by atoms with Crippen molar-refractivity contribution in [2.75, 3.05) is 24.6 Å². The number of hydrogen-bond donors (Lipinski definition) is 2. The van der Waals surface area contributed by atoms with E-state index in [1.807, 2.05) is 24.3 Å². The fraction of sp³-hybridized carbons (Fsp3) is 0.531. The van der Waals surface area contributed by atoms with E-state index in [0.717, 1.165) is 74.5 Å². The van der Waals surface area contributed by atoms with Gasteiger partial charge in [-0.3, -0.25) is 4.79 Å². The molecule has 1 aliphatic heterocycles. The van der Waals surface area contributed by atoms with Crippen LogP contribution in [-0.2, 0) is 6.42 Å². The standard InChI is InChI=1S/C32H45ClN2O2S/c1-4-25(10-6-5-9-23(2)24(3)38)17-18-35-21-27(13-7-11-26-12-8-14-29(33)19-26)22-37-31-16-15-28(32(34)36)20-30(31)35/h5-6,8,12,14-16,19-20,23-25,27,38H,4,7,9-11,13,17-18,21-22H2,1-3H3,(H2,34,36)/b6-5+/t23-,24+,25-,27?/m0/s1. The van der Waals surface area contributed by atoms with Gasteiger partial charge in [-0.05, 0) is 86.3 Å². The van der Waals surface area contributed by atoms with Crippen LogP contribution in [0.25, 0.3) is 0 Å². The number of nitrogens with two attached hydrogens (primary N) is 1. The smallest absolute Gasteiger partial charge is 0.248 e. The second-order valence-electron chi connectivity index (χ2n) is 10.9. The summed E-state index contributed by atoms with van der Waals surface area (Å²) in [6, 6.07) is 13.7. The molecule has 0 saturated carbocycles. The van der Waals surface area contributed by atoms with Crippen molar-refractivity contribution in [3.8, 4) is 5.75 Å². The number of benzene rings is 2. The predicted octanol–water partition coefficient (Wildman–Crippen LogP) is 7.98. The van der Waals surface area contributed by atoms with Crippen LogP contribution in [-0.4, -0.2) is 30.9 Å². The highest BCUT2D eigenvalue weighted by molar-refractivity contribution is 7.80. The molecule has 1 heterocycles. The van der Waals surface area contributed by atoms with Gasteiger partial charge in [-0.1, -0.05) is 63.1 Å². The molecule has 208 valence electrons. The lowest BCUT2D eigenvalue weighted by Gasteiger charge is -2.28. The zero-order chi connectivity index (χ0) is 27.5. The maximum absolute atomic E-state index is 11.9. The van der Waals surface area contributed by atoms with E-state index in [0.29, 0.717) is 35.2 Å². The summed E-state index contributed by atoms with van der Waals surface area (Å²) in [5, 5.41) is 1.20. The van der Waals surface area contributed by atoms with Crippen LogP contribution in [0.4, 0.5) is 5.69 Å². The third-order valence-corrected chi connectivity index (χ3v) is 8.60. The highest BCUT2D eigenvalue weighted by Gasteiger charge is 2.24. The largest absolute Gasteiger partial charge is 0.491 e. The number of primary amides is 1.